The van der Waals surface area contributed by atoms with Gasteiger partial charge in [0.15, 0.2) is 17.6 Å². The number of benzene rings is 1. The number of halogens is 1. The standard InChI is InChI=1S/C13H10FNO5S/c14-10-11(18)6(3-16)1-8-9(5-20-12(8)10)15-2-7(4-17)21-13(15)19/h1,3,5,7,17-18H,2,4H2/t7-/m1/s1. The van der Waals surface area contributed by atoms with Gasteiger partial charge in [-0.1, -0.05) is 11.8 Å². The van der Waals surface area contributed by atoms with Crippen LogP contribution in [0.15, 0.2) is 16.7 Å². The van der Waals surface area contributed by atoms with Gasteiger partial charge in [-0.25, -0.2) is 0 Å². The van der Waals surface area contributed by atoms with E-state index >= 15 is 0 Å². The number of carbonyl (C=O) groups excluding carboxylic acids is 2. The van der Waals surface area contributed by atoms with Gasteiger partial charge < -0.3 is 14.6 Å². The summed E-state index contributed by atoms with van der Waals surface area (Å²) in [5.41, 5.74) is -0.139. The van der Waals surface area contributed by atoms with Crippen molar-refractivity contribution in [3.05, 3.63) is 23.7 Å². The fourth-order valence-electron chi connectivity index (χ4n) is 2.24. The summed E-state index contributed by atoms with van der Waals surface area (Å²) in [6.45, 7) is 0.102. The lowest BCUT2D eigenvalue weighted by atomic mass is 10.1. The molecule has 0 saturated carbocycles. The Labute approximate surface area is 122 Å². The van der Waals surface area contributed by atoms with Crippen LogP contribution in [0, 0.1) is 5.82 Å². The maximum atomic E-state index is 13.9. The van der Waals surface area contributed by atoms with Crippen LogP contribution in [0.25, 0.3) is 11.0 Å². The molecule has 1 amide bonds. The summed E-state index contributed by atoms with van der Waals surface area (Å²) in [5.74, 6) is -1.83. The van der Waals surface area contributed by atoms with Crippen molar-refractivity contribution < 1.29 is 28.6 Å². The number of fused-ring (bicyclic) bond motifs is 1. The molecule has 1 aromatic carbocycles. The van der Waals surface area contributed by atoms with E-state index in [0.717, 1.165) is 11.8 Å². The second-order valence-electron chi connectivity index (χ2n) is 4.54. The van der Waals surface area contributed by atoms with E-state index < -0.39 is 11.6 Å². The first kappa shape index (κ1) is 13.9. The molecule has 3 rings (SSSR count). The Balaban J connectivity index is 2.14. The van der Waals surface area contributed by atoms with Crippen LogP contribution in [0.5, 0.6) is 5.75 Å². The molecule has 110 valence electrons. The van der Waals surface area contributed by atoms with Crippen molar-refractivity contribution >= 4 is 39.9 Å². The Hall–Kier alpha value is -2.06. The molecule has 0 spiro atoms. The Morgan fingerprint density at radius 1 is 1.57 bits per heavy atom. The summed E-state index contributed by atoms with van der Waals surface area (Å²) < 4.78 is 19.0. The fourth-order valence-corrected chi connectivity index (χ4v) is 3.12. The number of thioether (sulfide) groups is 1. The number of furan rings is 1. The van der Waals surface area contributed by atoms with Crippen LogP contribution in [-0.2, 0) is 0 Å². The number of aliphatic hydroxyl groups is 1. The van der Waals surface area contributed by atoms with Crippen molar-refractivity contribution in [3.8, 4) is 5.75 Å². The highest BCUT2D eigenvalue weighted by molar-refractivity contribution is 8.14. The van der Waals surface area contributed by atoms with Crippen LogP contribution in [0.4, 0.5) is 14.9 Å². The molecular weight excluding hydrogens is 301 g/mol. The Morgan fingerprint density at radius 2 is 2.33 bits per heavy atom. The van der Waals surface area contributed by atoms with Gasteiger partial charge in [-0.3, -0.25) is 14.5 Å². The maximum absolute atomic E-state index is 13.9. The monoisotopic (exact) mass is 311 g/mol. The zero-order chi connectivity index (χ0) is 15.1. The topological polar surface area (TPSA) is 91.0 Å². The number of nitrogens with zero attached hydrogens (tertiary/aromatic N) is 1. The van der Waals surface area contributed by atoms with Crippen LogP contribution < -0.4 is 4.90 Å². The lowest BCUT2D eigenvalue weighted by Gasteiger charge is -2.13. The van der Waals surface area contributed by atoms with Gasteiger partial charge in [0.2, 0.25) is 5.82 Å². The number of hydrogen-bond donors (Lipinski definition) is 2. The predicted molar refractivity (Wildman–Crippen MR) is 74.4 cm³/mol. The molecule has 1 aromatic heterocycles. The van der Waals surface area contributed by atoms with E-state index in [1.165, 1.54) is 17.2 Å². The quantitative estimate of drug-likeness (QED) is 0.844. The number of anilines is 1. The number of phenolic OH excluding ortho intramolecular Hbond substituents is 1. The van der Waals surface area contributed by atoms with E-state index in [4.69, 9.17) is 9.52 Å². The van der Waals surface area contributed by atoms with Crippen LogP contribution >= 0.6 is 11.8 Å². The second-order valence-corrected chi connectivity index (χ2v) is 5.79. The SMILES string of the molecule is O=Cc1cc2c(N3C[C@H](CO)SC3=O)coc2c(F)c1O. The lowest BCUT2D eigenvalue weighted by Crippen LogP contribution is -2.25. The van der Waals surface area contributed by atoms with Crippen molar-refractivity contribution in [1.29, 1.82) is 0 Å². The second kappa shape index (κ2) is 5.05. The van der Waals surface area contributed by atoms with Crippen LogP contribution in [0.3, 0.4) is 0 Å². The number of hydrogen-bond acceptors (Lipinski definition) is 6. The van der Waals surface area contributed by atoms with Gasteiger partial charge in [0.1, 0.15) is 6.26 Å². The zero-order valence-electron chi connectivity index (χ0n) is 10.6. The minimum absolute atomic E-state index is 0.155. The average Bonchev–Trinajstić information content (AvgIpc) is 3.05. The van der Waals surface area contributed by atoms with E-state index in [2.05, 4.69) is 0 Å². The minimum Gasteiger partial charge on any atom is -0.504 e. The molecule has 2 heterocycles. The van der Waals surface area contributed by atoms with Gasteiger partial charge >= 0.3 is 0 Å². The molecule has 1 atom stereocenters. The third kappa shape index (κ3) is 2.07. The number of amides is 1. The summed E-state index contributed by atoms with van der Waals surface area (Å²) in [5, 5.41) is 18.3. The first-order valence-corrected chi connectivity index (χ1v) is 6.91. The normalized spacial score (nSPS) is 18.7. The number of aromatic hydroxyl groups is 1. The number of rotatable bonds is 3. The summed E-state index contributed by atoms with van der Waals surface area (Å²) in [6, 6.07) is 1.27. The minimum atomic E-state index is -1.04. The van der Waals surface area contributed by atoms with Gasteiger partial charge in [-0.05, 0) is 6.07 Å². The van der Waals surface area contributed by atoms with E-state index in [1.807, 2.05) is 0 Å². The number of aldehydes is 1. The van der Waals surface area contributed by atoms with Crippen LogP contribution in [-0.4, -0.2) is 40.1 Å². The first-order valence-electron chi connectivity index (χ1n) is 6.03. The van der Waals surface area contributed by atoms with Crippen molar-refractivity contribution in [2.24, 2.45) is 0 Å². The highest BCUT2D eigenvalue weighted by atomic mass is 32.2. The van der Waals surface area contributed by atoms with Gasteiger partial charge in [0.25, 0.3) is 5.24 Å². The van der Waals surface area contributed by atoms with Gasteiger partial charge in [-0.15, -0.1) is 0 Å². The molecular formula is C13H10FNO5S. The molecule has 0 aliphatic carbocycles. The van der Waals surface area contributed by atoms with Gasteiger partial charge in [-0.2, -0.15) is 4.39 Å². The summed E-state index contributed by atoms with van der Waals surface area (Å²) in [7, 11) is 0. The third-order valence-electron chi connectivity index (χ3n) is 3.28. The van der Waals surface area contributed by atoms with Crippen LogP contribution in [0.2, 0.25) is 0 Å². The lowest BCUT2D eigenvalue weighted by molar-refractivity contribution is 0.112. The molecule has 2 N–H and O–H groups in total. The smallest absolute Gasteiger partial charge is 0.286 e. The molecule has 8 heteroatoms. The van der Waals surface area contributed by atoms with Gasteiger partial charge in [0, 0.05) is 11.9 Å². The molecule has 6 nitrogen and oxygen atoms in total. The number of aliphatic hydroxyl groups excluding tert-OH is 1. The van der Waals surface area contributed by atoms with E-state index in [0.29, 0.717) is 12.0 Å². The molecule has 21 heavy (non-hydrogen) atoms. The molecule has 1 saturated heterocycles. The van der Waals surface area contributed by atoms with Crippen molar-refractivity contribution in [1.82, 2.24) is 0 Å². The average molecular weight is 311 g/mol. The molecule has 1 fully saturated rings. The Morgan fingerprint density at radius 3 is 2.95 bits per heavy atom. The zero-order valence-corrected chi connectivity index (χ0v) is 11.4. The first-order chi connectivity index (χ1) is 10.1. The summed E-state index contributed by atoms with van der Waals surface area (Å²) >= 11 is 0.980. The largest absolute Gasteiger partial charge is 0.504 e. The summed E-state index contributed by atoms with van der Waals surface area (Å²) in [6.07, 6.45) is 1.52. The molecule has 1 aliphatic rings. The van der Waals surface area contributed by atoms with E-state index in [1.54, 1.807) is 0 Å². The van der Waals surface area contributed by atoms with Crippen molar-refractivity contribution in [2.75, 3.05) is 18.1 Å². The molecule has 0 bridgehead atoms. The van der Waals surface area contributed by atoms with Gasteiger partial charge in [0.05, 0.1) is 23.1 Å². The number of phenols is 1. The summed E-state index contributed by atoms with van der Waals surface area (Å²) in [4.78, 5) is 24.1. The molecule has 1 aliphatic heterocycles. The van der Waals surface area contributed by atoms with Crippen molar-refractivity contribution in [3.63, 3.8) is 0 Å². The molecule has 0 unspecified atom stereocenters. The molecule has 0 radical (unpaired) electrons. The highest BCUT2D eigenvalue weighted by Crippen LogP contribution is 2.39. The van der Waals surface area contributed by atoms with Crippen molar-refractivity contribution in [2.45, 2.75) is 5.25 Å². The predicted octanol–water partition coefficient (Wildman–Crippen LogP) is 2.12. The fraction of sp³-hybridized carbons (Fsp3) is 0.231. The third-order valence-corrected chi connectivity index (χ3v) is 4.34. The van der Waals surface area contributed by atoms with E-state index in [9.17, 15) is 19.1 Å². The van der Waals surface area contributed by atoms with E-state index in [-0.39, 0.29) is 40.2 Å². The van der Waals surface area contributed by atoms with Crippen LogP contribution in [0.1, 0.15) is 10.4 Å². The molecule has 2 aromatic rings. The Bertz CT molecular complexity index is 744. The maximum Gasteiger partial charge on any atom is 0.286 e. The highest BCUT2D eigenvalue weighted by Gasteiger charge is 2.33. The number of carbonyl (C=O) groups is 2. The Kier molecular flexibility index (Phi) is 3.34.